The van der Waals surface area contributed by atoms with Crippen molar-refractivity contribution >= 4 is 10.9 Å². The van der Waals surface area contributed by atoms with Gasteiger partial charge in [-0.05, 0) is 18.6 Å². The minimum Gasteiger partial charge on any atom is -0.326 e. The molecule has 0 saturated carbocycles. The topological polar surface area (TPSA) is 48.0 Å². The van der Waals surface area contributed by atoms with Crippen molar-refractivity contribution in [3.63, 3.8) is 0 Å². The molecular formula is C12H14N2O. The molecule has 15 heavy (non-hydrogen) atoms. The average molecular weight is 202 g/mol. The maximum atomic E-state index is 11.8. The third-order valence-electron chi connectivity index (χ3n) is 2.64. The standard InChI is InChI=1S/C12H14N2O/c1-2-14-11-6-4-3-5-10(11)9(8-13)7-12(14)15/h3-7H,2,8,13H2,1H3. The quantitative estimate of drug-likeness (QED) is 0.801. The second-order valence-electron chi connectivity index (χ2n) is 3.47. The van der Waals surface area contributed by atoms with Crippen LogP contribution >= 0.6 is 0 Å². The Morgan fingerprint density at radius 3 is 2.73 bits per heavy atom. The highest BCUT2D eigenvalue weighted by atomic mass is 16.1. The lowest BCUT2D eigenvalue weighted by atomic mass is 10.1. The minimum atomic E-state index is 0.0247. The van der Waals surface area contributed by atoms with Crippen LogP contribution < -0.4 is 11.3 Å². The molecule has 2 aromatic rings. The lowest BCUT2D eigenvalue weighted by Gasteiger charge is -2.10. The molecular weight excluding hydrogens is 188 g/mol. The molecule has 0 aliphatic rings. The number of para-hydroxylation sites is 1. The van der Waals surface area contributed by atoms with E-state index < -0.39 is 0 Å². The zero-order valence-corrected chi connectivity index (χ0v) is 8.73. The first-order valence-electron chi connectivity index (χ1n) is 5.09. The summed E-state index contributed by atoms with van der Waals surface area (Å²) in [5, 5.41) is 1.07. The van der Waals surface area contributed by atoms with Crippen LogP contribution in [-0.2, 0) is 13.1 Å². The van der Waals surface area contributed by atoms with Gasteiger partial charge in [-0.25, -0.2) is 0 Å². The molecule has 0 aliphatic carbocycles. The first-order chi connectivity index (χ1) is 7.27. The Morgan fingerprint density at radius 1 is 1.33 bits per heavy atom. The van der Waals surface area contributed by atoms with Crippen LogP contribution in [0.4, 0.5) is 0 Å². The van der Waals surface area contributed by atoms with Crippen molar-refractivity contribution in [1.29, 1.82) is 0 Å². The molecule has 1 aromatic carbocycles. The number of rotatable bonds is 2. The molecule has 0 fully saturated rings. The normalized spacial score (nSPS) is 10.8. The Labute approximate surface area is 88.1 Å². The number of aryl methyl sites for hydroxylation is 1. The molecule has 2 N–H and O–H groups in total. The highest BCUT2D eigenvalue weighted by Gasteiger charge is 2.05. The molecule has 1 aromatic heterocycles. The van der Waals surface area contributed by atoms with Gasteiger partial charge in [-0.1, -0.05) is 18.2 Å². The number of benzene rings is 1. The molecule has 0 radical (unpaired) electrons. The molecule has 1 heterocycles. The molecule has 0 saturated heterocycles. The van der Waals surface area contributed by atoms with Crippen molar-refractivity contribution < 1.29 is 0 Å². The van der Waals surface area contributed by atoms with Crippen LogP contribution in [0.25, 0.3) is 10.9 Å². The van der Waals surface area contributed by atoms with Gasteiger partial charge in [0.1, 0.15) is 0 Å². The summed E-state index contributed by atoms with van der Waals surface area (Å²) in [6.07, 6.45) is 0. The lowest BCUT2D eigenvalue weighted by molar-refractivity contribution is 0.756. The van der Waals surface area contributed by atoms with E-state index in [9.17, 15) is 4.79 Å². The van der Waals surface area contributed by atoms with Crippen LogP contribution in [0.5, 0.6) is 0 Å². The number of aromatic nitrogens is 1. The van der Waals surface area contributed by atoms with E-state index >= 15 is 0 Å². The maximum Gasteiger partial charge on any atom is 0.251 e. The lowest BCUT2D eigenvalue weighted by Crippen LogP contribution is -2.20. The van der Waals surface area contributed by atoms with Crippen LogP contribution in [0.3, 0.4) is 0 Å². The Balaban J connectivity index is 2.92. The fraction of sp³-hybridized carbons (Fsp3) is 0.250. The molecule has 0 bridgehead atoms. The van der Waals surface area contributed by atoms with Crippen molar-refractivity contribution in [2.75, 3.05) is 0 Å². The van der Waals surface area contributed by atoms with Gasteiger partial charge in [-0.3, -0.25) is 4.79 Å². The summed E-state index contributed by atoms with van der Waals surface area (Å²) in [6.45, 7) is 3.06. The largest absolute Gasteiger partial charge is 0.326 e. The van der Waals surface area contributed by atoms with Crippen LogP contribution in [0.1, 0.15) is 12.5 Å². The van der Waals surface area contributed by atoms with E-state index in [0.29, 0.717) is 13.1 Å². The number of hydrogen-bond acceptors (Lipinski definition) is 2. The van der Waals surface area contributed by atoms with Crippen molar-refractivity contribution in [1.82, 2.24) is 4.57 Å². The molecule has 0 spiro atoms. The van der Waals surface area contributed by atoms with Crippen LogP contribution in [0.15, 0.2) is 35.1 Å². The summed E-state index contributed by atoms with van der Waals surface area (Å²) in [5.41, 5.74) is 7.54. The smallest absolute Gasteiger partial charge is 0.251 e. The van der Waals surface area contributed by atoms with E-state index in [2.05, 4.69) is 0 Å². The second-order valence-corrected chi connectivity index (χ2v) is 3.47. The number of nitrogens with zero attached hydrogens (tertiary/aromatic N) is 1. The maximum absolute atomic E-state index is 11.8. The van der Waals surface area contributed by atoms with Crippen molar-refractivity contribution in [3.05, 3.63) is 46.2 Å². The number of pyridine rings is 1. The van der Waals surface area contributed by atoms with Crippen molar-refractivity contribution in [2.45, 2.75) is 20.0 Å². The Bertz CT molecular complexity index is 543. The summed E-state index contributed by atoms with van der Waals surface area (Å²) in [5.74, 6) is 0. The van der Waals surface area contributed by atoms with E-state index in [1.807, 2.05) is 31.2 Å². The third-order valence-corrected chi connectivity index (χ3v) is 2.64. The predicted octanol–water partition coefficient (Wildman–Crippen LogP) is 1.48. The van der Waals surface area contributed by atoms with E-state index in [0.717, 1.165) is 16.5 Å². The molecule has 3 heteroatoms. The predicted molar refractivity (Wildman–Crippen MR) is 61.8 cm³/mol. The number of fused-ring (bicyclic) bond motifs is 1. The van der Waals surface area contributed by atoms with Crippen LogP contribution in [0.2, 0.25) is 0 Å². The van der Waals surface area contributed by atoms with Crippen molar-refractivity contribution in [2.24, 2.45) is 5.73 Å². The monoisotopic (exact) mass is 202 g/mol. The van der Waals surface area contributed by atoms with Gasteiger partial charge in [-0.2, -0.15) is 0 Å². The Morgan fingerprint density at radius 2 is 2.07 bits per heavy atom. The summed E-state index contributed by atoms with van der Waals surface area (Å²) in [7, 11) is 0. The Hall–Kier alpha value is -1.61. The number of hydrogen-bond donors (Lipinski definition) is 1. The zero-order chi connectivity index (χ0) is 10.8. The fourth-order valence-electron chi connectivity index (χ4n) is 1.90. The van der Waals surface area contributed by atoms with Crippen LogP contribution in [-0.4, -0.2) is 4.57 Å². The van der Waals surface area contributed by atoms with E-state index in [4.69, 9.17) is 5.73 Å². The summed E-state index contributed by atoms with van der Waals surface area (Å²) >= 11 is 0. The fourth-order valence-corrected chi connectivity index (χ4v) is 1.90. The van der Waals surface area contributed by atoms with Gasteiger partial charge in [0, 0.05) is 24.5 Å². The van der Waals surface area contributed by atoms with Gasteiger partial charge >= 0.3 is 0 Å². The molecule has 2 rings (SSSR count). The molecule has 0 unspecified atom stereocenters. The first kappa shape index (κ1) is 9.93. The molecule has 0 atom stereocenters. The second kappa shape index (κ2) is 3.87. The van der Waals surface area contributed by atoms with Gasteiger partial charge in [0.25, 0.3) is 5.56 Å². The van der Waals surface area contributed by atoms with Gasteiger partial charge < -0.3 is 10.3 Å². The number of nitrogens with two attached hydrogens (primary N) is 1. The third kappa shape index (κ3) is 1.55. The Kier molecular flexibility index (Phi) is 2.56. The van der Waals surface area contributed by atoms with Gasteiger partial charge in [-0.15, -0.1) is 0 Å². The highest BCUT2D eigenvalue weighted by molar-refractivity contribution is 5.82. The molecule has 0 amide bonds. The van der Waals surface area contributed by atoms with Gasteiger partial charge in [0.05, 0.1) is 5.52 Å². The summed E-state index contributed by atoms with van der Waals surface area (Å²) in [6, 6.07) is 9.49. The molecule has 0 aliphatic heterocycles. The SMILES string of the molecule is CCn1c(=O)cc(CN)c2ccccc21. The summed E-state index contributed by atoms with van der Waals surface area (Å²) < 4.78 is 1.76. The van der Waals surface area contributed by atoms with Crippen LogP contribution in [0, 0.1) is 0 Å². The summed E-state index contributed by atoms with van der Waals surface area (Å²) in [4.78, 5) is 11.8. The van der Waals surface area contributed by atoms with Crippen molar-refractivity contribution in [3.8, 4) is 0 Å². The van der Waals surface area contributed by atoms with Gasteiger partial charge in [0.2, 0.25) is 0 Å². The average Bonchev–Trinajstić information content (AvgIpc) is 2.28. The molecule has 78 valence electrons. The van der Waals surface area contributed by atoms with Gasteiger partial charge in [0.15, 0.2) is 0 Å². The first-order valence-corrected chi connectivity index (χ1v) is 5.09. The van der Waals surface area contributed by atoms with E-state index in [1.165, 1.54) is 0 Å². The minimum absolute atomic E-state index is 0.0247. The van der Waals surface area contributed by atoms with E-state index in [-0.39, 0.29) is 5.56 Å². The zero-order valence-electron chi connectivity index (χ0n) is 8.73. The molecule has 3 nitrogen and oxygen atoms in total. The van der Waals surface area contributed by atoms with E-state index in [1.54, 1.807) is 10.6 Å². The highest BCUT2D eigenvalue weighted by Crippen LogP contribution is 2.15.